The summed E-state index contributed by atoms with van der Waals surface area (Å²) < 4.78 is 7.52. The van der Waals surface area contributed by atoms with Crippen LogP contribution < -0.4 is 4.90 Å². The minimum absolute atomic E-state index is 0.103. The highest BCUT2D eigenvalue weighted by molar-refractivity contribution is 5.68. The lowest BCUT2D eigenvalue weighted by atomic mass is 9.94. The van der Waals surface area contributed by atoms with Crippen molar-refractivity contribution in [3.63, 3.8) is 0 Å². The molecule has 2 aromatic rings. The van der Waals surface area contributed by atoms with Gasteiger partial charge in [-0.25, -0.2) is 9.50 Å². The SMILES string of the molecule is CN(C)c1ncnn2c([C@@H]3O[C@H](CO)C[C@@]3(C)O)ccc12. The Morgan fingerprint density at radius 3 is 2.86 bits per heavy atom. The molecule has 1 aliphatic rings. The van der Waals surface area contributed by atoms with Crippen molar-refractivity contribution in [1.82, 2.24) is 14.6 Å². The van der Waals surface area contributed by atoms with E-state index in [-0.39, 0.29) is 12.7 Å². The summed E-state index contributed by atoms with van der Waals surface area (Å²) >= 11 is 0. The molecule has 3 rings (SSSR count). The van der Waals surface area contributed by atoms with Gasteiger partial charge in [0.1, 0.15) is 17.9 Å². The maximum atomic E-state index is 10.6. The summed E-state index contributed by atoms with van der Waals surface area (Å²) in [4.78, 5) is 6.17. The topological polar surface area (TPSA) is 83.1 Å². The minimum Gasteiger partial charge on any atom is -0.394 e. The molecular formula is C14H20N4O3. The van der Waals surface area contributed by atoms with E-state index in [0.29, 0.717) is 6.42 Å². The van der Waals surface area contributed by atoms with Crippen LogP contribution in [0.2, 0.25) is 0 Å². The van der Waals surface area contributed by atoms with E-state index in [2.05, 4.69) is 10.1 Å². The molecule has 0 spiro atoms. The standard InChI is InChI=1S/C14H20N4O3/c1-14(20)6-9(7-19)21-12(14)10-4-5-11-13(17(2)3)15-8-16-18(10)11/h4-5,8-9,12,19-20H,6-7H2,1-3H3/t9-,12-,14+/m0/s1. The number of hydrogen-bond acceptors (Lipinski definition) is 6. The number of aliphatic hydroxyl groups is 2. The van der Waals surface area contributed by atoms with E-state index in [1.54, 1.807) is 11.4 Å². The Bertz CT molecular complexity index is 653. The van der Waals surface area contributed by atoms with Gasteiger partial charge in [-0.3, -0.25) is 0 Å². The Balaban J connectivity index is 2.08. The molecule has 3 heterocycles. The molecule has 1 aliphatic heterocycles. The first kappa shape index (κ1) is 14.2. The van der Waals surface area contributed by atoms with E-state index in [0.717, 1.165) is 17.0 Å². The van der Waals surface area contributed by atoms with E-state index in [1.165, 1.54) is 6.33 Å². The molecule has 21 heavy (non-hydrogen) atoms. The van der Waals surface area contributed by atoms with Gasteiger partial charge >= 0.3 is 0 Å². The van der Waals surface area contributed by atoms with Crippen molar-refractivity contribution in [2.24, 2.45) is 0 Å². The average molecular weight is 292 g/mol. The third-order valence-electron chi connectivity index (χ3n) is 3.89. The molecule has 0 aliphatic carbocycles. The number of aromatic nitrogens is 3. The lowest BCUT2D eigenvalue weighted by Crippen LogP contribution is -2.29. The van der Waals surface area contributed by atoms with Gasteiger partial charge in [-0.1, -0.05) is 0 Å². The summed E-state index contributed by atoms with van der Waals surface area (Å²) in [6.45, 7) is 1.62. The van der Waals surface area contributed by atoms with E-state index < -0.39 is 11.7 Å². The molecule has 2 N–H and O–H groups in total. The zero-order chi connectivity index (χ0) is 15.2. The van der Waals surface area contributed by atoms with Crippen molar-refractivity contribution in [2.75, 3.05) is 25.6 Å². The summed E-state index contributed by atoms with van der Waals surface area (Å²) in [5, 5.41) is 24.1. The Labute approximate surface area is 122 Å². The first-order valence-electron chi connectivity index (χ1n) is 6.92. The van der Waals surface area contributed by atoms with Gasteiger partial charge in [0, 0.05) is 20.5 Å². The monoisotopic (exact) mass is 292 g/mol. The first-order valence-corrected chi connectivity index (χ1v) is 6.92. The summed E-state index contributed by atoms with van der Waals surface area (Å²) in [5.41, 5.74) is 0.575. The number of ether oxygens (including phenoxy) is 1. The van der Waals surface area contributed by atoms with Gasteiger partial charge in [-0.2, -0.15) is 5.10 Å². The maximum absolute atomic E-state index is 10.6. The first-order chi connectivity index (χ1) is 9.94. The molecule has 0 unspecified atom stereocenters. The summed E-state index contributed by atoms with van der Waals surface area (Å²) in [6, 6.07) is 3.80. The fourth-order valence-corrected chi connectivity index (χ4v) is 2.94. The molecule has 0 amide bonds. The quantitative estimate of drug-likeness (QED) is 0.850. The molecule has 1 saturated heterocycles. The van der Waals surface area contributed by atoms with Crippen LogP contribution in [-0.4, -0.2) is 57.2 Å². The van der Waals surface area contributed by atoms with Crippen molar-refractivity contribution in [2.45, 2.75) is 31.2 Å². The van der Waals surface area contributed by atoms with Gasteiger partial charge in [0.05, 0.1) is 24.0 Å². The van der Waals surface area contributed by atoms with Gasteiger partial charge in [0.25, 0.3) is 0 Å². The van der Waals surface area contributed by atoms with Crippen LogP contribution in [0.1, 0.15) is 25.1 Å². The highest BCUT2D eigenvalue weighted by Gasteiger charge is 2.45. The molecule has 0 bridgehead atoms. The Morgan fingerprint density at radius 2 is 2.24 bits per heavy atom. The van der Waals surface area contributed by atoms with Gasteiger partial charge in [-0.15, -0.1) is 0 Å². The Kier molecular flexibility index (Phi) is 3.35. The van der Waals surface area contributed by atoms with Crippen LogP contribution in [0.15, 0.2) is 18.5 Å². The summed E-state index contributed by atoms with van der Waals surface area (Å²) in [5.74, 6) is 0.799. The highest BCUT2D eigenvalue weighted by Crippen LogP contribution is 2.41. The van der Waals surface area contributed by atoms with Crippen LogP contribution in [0, 0.1) is 0 Å². The van der Waals surface area contributed by atoms with Crippen LogP contribution in [0.5, 0.6) is 0 Å². The second-order valence-corrected chi connectivity index (χ2v) is 5.92. The zero-order valence-electron chi connectivity index (χ0n) is 12.4. The van der Waals surface area contributed by atoms with Crippen LogP contribution in [-0.2, 0) is 4.74 Å². The van der Waals surface area contributed by atoms with E-state index >= 15 is 0 Å². The maximum Gasteiger partial charge on any atom is 0.156 e. The van der Waals surface area contributed by atoms with Crippen molar-refractivity contribution < 1.29 is 14.9 Å². The molecule has 3 atom stereocenters. The van der Waals surface area contributed by atoms with Crippen molar-refractivity contribution in [3.05, 3.63) is 24.2 Å². The molecule has 1 fully saturated rings. The minimum atomic E-state index is -1.04. The van der Waals surface area contributed by atoms with Gasteiger partial charge < -0.3 is 19.8 Å². The molecule has 114 valence electrons. The molecule has 7 nitrogen and oxygen atoms in total. The van der Waals surface area contributed by atoms with E-state index in [4.69, 9.17) is 4.74 Å². The predicted octanol–water partition coefficient (Wildman–Crippen LogP) is 0.369. The third kappa shape index (κ3) is 2.27. The normalized spacial score (nSPS) is 29.2. The number of nitrogens with zero attached hydrogens (tertiary/aromatic N) is 4. The number of aliphatic hydroxyl groups excluding tert-OH is 1. The van der Waals surface area contributed by atoms with Crippen LogP contribution >= 0.6 is 0 Å². The third-order valence-corrected chi connectivity index (χ3v) is 3.89. The summed E-state index contributed by atoms with van der Waals surface area (Å²) in [7, 11) is 3.83. The van der Waals surface area contributed by atoms with Crippen molar-refractivity contribution in [3.8, 4) is 0 Å². The van der Waals surface area contributed by atoms with Crippen LogP contribution in [0.3, 0.4) is 0 Å². The molecule has 7 heteroatoms. The van der Waals surface area contributed by atoms with Gasteiger partial charge in [0.2, 0.25) is 0 Å². The Hall–Kier alpha value is -1.70. The second kappa shape index (κ2) is 4.94. The van der Waals surface area contributed by atoms with Gasteiger partial charge in [-0.05, 0) is 19.1 Å². The highest BCUT2D eigenvalue weighted by atomic mass is 16.5. The van der Waals surface area contributed by atoms with Gasteiger partial charge in [0.15, 0.2) is 5.82 Å². The number of hydrogen-bond donors (Lipinski definition) is 2. The lowest BCUT2D eigenvalue weighted by molar-refractivity contribution is -0.0495. The van der Waals surface area contributed by atoms with Crippen molar-refractivity contribution >= 4 is 11.3 Å². The molecule has 0 saturated carbocycles. The number of anilines is 1. The molecule has 0 aromatic carbocycles. The zero-order valence-corrected chi connectivity index (χ0v) is 12.4. The summed E-state index contributed by atoms with van der Waals surface area (Å²) in [6.07, 6.45) is 0.999. The molecule has 2 aromatic heterocycles. The molecule has 0 radical (unpaired) electrons. The number of rotatable bonds is 3. The van der Waals surface area contributed by atoms with Crippen molar-refractivity contribution in [1.29, 1.82) is 0 Å². The second-order valence-electron chi connectivity index (χ2n) is 5.92. The van der Waals surface area contributed by atoms with Crippen LogP contribution in [0.25, 0.3) is 5.52 Å². The smallest absolute Gasteiger partial charge is 0.156 e. The molecular weight excluding hydrogens is 272 g/mol. The van der Waals surface area contributed by atoms with Crippen LogP contribution in [0.4, 0.5) is 5.82 Å². The van der Waals surface area contributed by atoms with E-state index in [9.17, 15) is 10.2 Å². The fourth-order valence-electron chi connectivity index (χ4n) is 2.94. The van der Waals surface area contributed by atoms with E-state index in [1.807, 2.05) is 31.1 Å². The fraction of sp³-hybridized carbons (Fsp3) is 0.571. The predicted molar refractivity (Wildman–Crippen MR) is 77.3 cm³/mol. The number of fused-ring (bicyclic) bond motifs is 1. The average Bonchev–Trinajstić information content (AvgIpc) is 2.98. The lowest BCUT2D eigenvalue weighted by Gasteiger charge is -2.23. The Morgan fingerprint density at radius 1 is 1.48 bits per heavy atom. The largest absolute Gasteiger partial charge is 0.394 e.